The van der Waals surface area contributed by atoms with Crippen molar-refractivity contribution in [3.63, 3.8) is 0 Å². The Bertz CT molecular complexity index is 791. The van der Waals surface area contributed by atoms with Crippen LogP contribution in [0.5, 0.6) is 5.75 Å². The number of phenols is 1. The molecule has 9 heteroatoms. The lowest BCUT2D eigenvalue weighted by atomic mass is 10.1. The van der Waals surface area contributed by atoms with Gasteiger partial charge in [0, 0.05) is 12.3 Å². The number of nitro benzene ring substituents is 2. The first-order chi connectivity index (χ1) is 11.5. The van der Waals surface area contributed by atoms with Gasteiger partial charge in [0.1, 0.15) is 11.4 Å². The third-order valence-electron chi connectivity index (χ3n) is 3.20. The van der Waals surface area contributed by atoms with E-state index in [1.54, 1.807) is 18.2 Å². The van der Waals surface area contributed by atoms with Gasteiger partial charge in [0.2, 0.25) is 0 Å². The standard InChI is InChI=1S/C15H14N4O5/c20-15-6-2-1-4-11(15)5-3-9-16-17-13-8-7-12(18(21)22)10-14(13)19(23)24/h1-2,4,6-10,17,20H,3,5H2/b16-9+. The third-order valence-corrected chi connectivity index (χ3v) is 3.20. The van der Waals surface area contributed by atoms with E-state index in [1.807, 2.05) is 6.07 Å². The van der Waals surface area contributed by atoms with Gasteiger partial charge in [-0.3, -0.25) is 25.7 Å². The van der Waals surface area contributed by atoms with E-state index in [0.29, 0.717) is 12.8 Å². The van der Waals surface area contributed by atoms with Gasteiger partial charge in [-0.15, -0.1) is 0 Å². The van der Waals surface area contributed by atoms with E-state index in [1.165, 1.54) is 12.3 Å². The number of para-hydroxylation sites is 1. The number of nitrogens with zero attached hydrogens (tertiary/aromatic N) is 3. The molecule has 0 saturated heterocycles. The first kappa shape index (κ1) is 16.9. The molecular formula is C15H14N4O5. The maximum Gasteiger partial charge on any atom is 0.301 e. The van der Waals surface area contributed by atoms with Crippen molar-refractivity contribution in [3.05, 3.63) is 68.3 Å². The van der Waals surface area contributed by atoms with Crippen molar-refractivity contribution in [2.75, 3.05) is 5.43 Å². The summed E-state index contributed by atoms with van der Waals surface area (Å²) in [5.41, 5.74) is 2.54. The monoisotopic (exact) mass is 330 g/mol. The average molecular weight is 330 g/mol. The number of anilines is 1. The van der Waals surface area contributed by atoms with Crippen LogP contribution in [0.1, 0.15) is 12.0 Å². The Morgan fingerprint density at radius 3 is 2.54 bits per heavy atom. The predicted molar refractivity (Wildman–Crippen MR) is 88.3 cm³/mol. The fourth-order valence-electron chi connectivity index (χ4n) is 2.00. The summed E-state index contributed by atoms with van der Waals surface area (Å²) in [5, 5.41) is 35.1. The fraction of sp³-hybridized carbons (Fsp3) is 0.133. The molecule has 0 aliphatic carbocycles. The van der Waals surface area contributed by atoms with Crippen LogP contribution in [0.15, 0.2) is 47.6 Å². The lowest BCUT2D eigenvalue weighted by molar-refractivity contribution is -0.393. The Balaban J connectivity index is 1.99. The number of phenolic OH excluding ortho intramolecular Hbond substituents is 1. The Kier molecular flexibility index (Phi) is 5.40. The van der Waals surface area contributed by atoms with E-state index >= 15 is 0 Å². The zero-order valence-corrected chi connectivity index (χ0v) is 12.5. The molecule has 2 N–H and O–H groups in total. The van der Waals surface area contributed by atoms with Crippen LogP contribution in [0.3, 0.4) is 0 Å². The maximum atomic E-state index is 11.0. The zero-order chi connectivity index (χ0) is 17.5. The van der Waals surface area contributed by atoms with Crippen LogP contribution in [-0.2, 0) is 6.42 Å². The largest absolute Gasteiger partial charge is 0.508 e. The molecule has 9 nitrogen and oxygen atoms in total. The highest BCUT2D eigenvalue weighted by atomic mass is 16.6. The number of hydrogen-bond donors (Lipinski definition) is 2. The summed E-state index contributed by atoms with van der Waals surface area (Å²) < 4.78 is 0. The lowest BCUT2D eigenvalue weighted by Crippen LogP contribution is -1.98. The van der Waals surface area contributed by atoms with Crippen molar-refractivity contribution in [1.82, 2.24) is 0 Å². The van der Waals surface area contributed by atoms with Gasteiger partial charge in [-0.1, -0.05) is 18.2 Å². The number of aromatic hydroxyl groups is 1. The van der Waals surface area contributed by atoms with Crippen LogP contribution in [0.2, 0.25) is 0 Å². The highest BCUT2D eigenvalue weighted by molar-refractivity contribution is 5.67. The molecule has 0 saturated carbocycles. The summed E-state index contributed by atoms with van der Waals surface area (Å²) in [7, 11) is 0. The first-order valence-corrected chi connectivity index (χ1v) is 6.96. The molecule has 0 aliphatic heterocycles. The van der Waals surface area contributed by atoms with Crippen molar-refractivity contribution >= 4 is 23.3 Å². The summed E-state index contributed by atoms with van der Waals surface area (Å²) >= 11 is 0. The second-order valence-electron chi connectivity index (χ2n) is 4.81. The summed E-state index contributed by atoms with van der Waals surface area (Å²) in [5.74, 6) is 0.199. The summed E-state index contributed by atoms with van der Waals surface area (Å²) in [6, 6.07) is 10.2. The molecule has 0 heterocycles. The average Bonchev–Trinajstić information content (AvgIpc) is 2.56. The third kappa shape index (κ3) is 4.26. The number of hydrazone groups is 1. The Labute approximate surface area is 136 Å². The van der Waals surface area contributed by atoms with Gasteiger partial charge in [0.25, 0.3) is 5.69 Å². The normalized spacial score (nSPS) is 10.7. The smallest absolute Gasteiger partial charge is 0.301 e. The van der Waals surface area contributed by atoms with Crippen molar-refractivity contribution in [1.29, 1.82) is 0 Å². The number of rotatable bonds is 7. The van der Waals surface area contributed by atoms with E-state index in [-0.39, 0.29) is 17.1 Å². The zero-order valence-electron chi connectivity index (χ0n) is 12.5. The second kappa shape index (κ2) is 7.68. The minimum absolute atomic E-state index is 0.0596. The molecule has 0 bridgehead atoms. The topological polar surface area (TPSA) is 131 Å². The number of aryl methyl sites for hydroxylation is 1. The molecule has 0 spiro atoms. The van der Waals surface area contributed by atoms with E-state index in [4.69, 9.17) is 0 Å². The maximum absolute atomic E-state index is 11.0. The highest BCUT2D eigenvalue weighted by Crippen LogP contribution is 2.28. The molecule has 0 aromatic heterocycles. The molecule has 0 aliphatic rings. The molecule has 0 radical (unpaired) electrons. The summed E-state index contributed by atoms with van der Waals surface area (Å²) in [6.07, 6.45) is 2.57. The predicted octanol–water partition coefficient (Wildman–Crippen LogP) is 3.24. The molecule has 2 rings (SSSR count). The van der Waals surface area contributed by atoms with E-state index in [9.17, 15) is 25.3 Å². The van der Waals surface area contributed by atoms with Gasteiger partial charge >= 0.3 is 5.69 Å². The van der Waals surface area contributed by atoms with Gasteiger partial charge in [0.15, 0.2) is 0 Å². The number of hydrogen-bond acceptors (Lipinski definition) is 7. The molecule has 0 unspecified atom stereocenters. The molecule has 24 heavy (non-hydrogen) atoms. The van der Waals surface area contributed by atoms with Crippen molar-refractivity contribution in [2.45, 2.75) is 12.8 Å². The minimum atomic E-state index is -0.715. The lowest BCUT2D eigenvalue weighted by Gasteiger charge is -2.03. The molecule has 0 fully saturated rings. The molecular weight excluding hydrogens is 316 g/mol. The van der Waals surface area contributed by atoms with Crippen LogP contribution < -0.4 is 5.43 Å². The van der Waals surface area contributed by atoms with Gasteiger partial charge in [-0.05, 0) is 30.5 Å². The molecule has 2 aromatic carbocycles. The minimum Gasteiger partial charge on any atom is -0.508 e. The fourth-order valence-corrected chi connectivity index (χ4v) is 2.00. The summed E-state index contributed by atoms with van der Waals surface area (Å²) in [6.45, 7) is 0. The number of benzene rings is 2. The van der Waals surface area contributed by atoms with Crippen LogP contribution in [0.4, 0.5) is 17.1 Å². The SMILES string of the molecule is O=[N+]([O-])c1ccc(N/N=C/CCc2ccccc2O)c([N+](=O)[O-])c1. The summed E-state index contributed by atoms with van der Waals surface area (Å²) in [4.78, 5) is 20.2. The van der Waals surface area contributed by atoms with E-state index in [0.717, 1.165) is 17.7 Å². The second-order valence-corrected chi connectivity index (χ2v) is 4.81. The van der Waals surface area contributed by atoms with Crippen LogP contribution in [-0.4, -0.2) is 21.2 Å². The number of non-ortho nitro benzene ring substituents is 1. The van der Waals surface area contributed by atoms with Gasteiger partial charge in [-0.2, -0.15) is 5.10 Å². The van der Waals surface area contributed by atoms with Crippen molar-refractivity contribution in [2.24, 2.45) is 5.10 Å². The van der Waals surface area contributed by atoms with Gasteiger partial charge in [0.05, 0.1) is 15.9 Å². The van der Waals surface area contributed by atoms with Crippen molar-refractivity contribution in [3.8, 4) is 5.75 Å². The molecule has 124 valence electrons. The van der Waals surface area contributed by atoms with E-state index < -0.39 is 15.5 Å². The van der Waals surface area contributed by atoms with Gasteiger partial charge in [-0.25, -0.2) is 0 Å². The quantitative estimate of drug-likeness (QED) is 0.455. The van der Waals surface area contributed by atoms with Gasteiger partial charge < -0.3 is 5.11 Å². The molecule has 2 aromatic rings. The van der Waals surface area contributed by atoms with Crippen LogP contribution in [0, 0.1) is 20.2 Å². The highest BCUT2D eigenvalue weighted by Gasteiger charge is 2.18. The molecule has 0 amide bonds. The number of nitro groups is 2. The van der Waals surface area contributed by atoms with E-state index in [2.05, 4.69) is 10.5 Å². The Morgan fingerprint density at radius 2 is 1.88 bits per heavy atom. The van der Waals surface area contributed by atoms with Crippen molar-refractivity contribution < 1.29 is 15.0 Å². The Hall–Kier alpha value is -3.49. The van der Waals surface area contributed by atoms with Crippen LogP contribution >= 0.6 is 0 Å². The number of nitrogens with one attached hydrogen (secondary N) is 1. The Morgan fingerprint density at radius 1 is 1.12 bits per heavy atom. The molecule has 0 atom stereocenters. The first-order valence-electron chi connectivity index (χ1n) is 6.96. The van der Waals surface area contributed by atoms with Crippen LogP contribution in [0.25, 0.3) is 0 Å².